The van der Waals surface area contributed by atoms with Crippen LogP contribution in [0.2, 0.25) is 0 Å². The normalized spacial score (nSPS) is 10.4. The van der Waals surface area contributed by atoms with Crippen molar-refractivity contribution < 1.29 is 4.42 Å². The Kier molecular flexibility index (Phi) is 3.76. The Hall–Kier alpha value is -1.03. The van der Waals surface area contributed by atoms with Crippen LogP contribution in [-0.2, 0) is 6.54 Å². The average molecular weight is 183 g/mol. The van der Waals surface area contributed by atoms with Gasteiger partial charge < -0.3 is 14.6 Å². The topological polar surface area (TPSA) is 41.3 Å². The van der Waals surface area contributed by atoms with E-state index in [-0.39, 0.29) is 0 Å². The molecule has 13 heavy (non-hydrogen) atoms. The molecule has 0 fully saturated rings. The summed E-state index contributed by atoms with van der Waals surface area (Å²) in [7, 11) is 1.89. The van der Waals surface area contributed by atoms with Crippen molar-refractivity contribution in [2.45, 2.75) is 20.4 Å². The molecule has 0 radical (unpaired) electrons. The molecule has 1 rings (SSSR count). The van der Waals surface area contributed by atoms with Crippen LogP contribution in [0, 0.1) is 0 Å². The third kappa shape index (κ3) is 2.45. The van der Waals surface area contributed by atoms with Gasteiger partial charge in [-0.2, -0.15) is 0 Å². The van der Waals surface area contributed by atoms with Crippen LogP contribution in [0.1, 0.15) is 19.6 Å². The van der Waals surface area contributed by atoms with Crippen molar-refractivity contribution in [3.8, 4) is 0 Å². The van der Waals surface area contributed by atoms with Gasteiger partial charge in [0, 0.05) is 13.1 Å². The van der Waals surface area contributed by atoms with Gasteiger partial charge in [-0.15, -0.1) is 0 Å². The van der Waals surface area contributed by atoms with Crippen molar-refractivity contribution in [3.63, 3.8) is 0 Å². The minimum atomic E-state index is 0.718. The first-order valence-electron chi connectivity index (χ1n) is 4.66. The van der Waals surface area contributed by atoms with Gasteiger partial charge in [0.05, 0.1) is 12.7 Å². The van der Waals surface area contributed by atoms with Crippen LogP contribution in [-0.4, -0.2) is 25.1 Å². The van der Waals surface area contributed by atoms with Gasteiger partial charge in [0.2, 0.25) is 0 Å². The quantitative estimate of drug-likeness (QED) is 0.745. The maximum Gasteiger partial charge on any atom is 0.297 e. The molecule has 0 atom stereocenters. The Morgan fingerprint density at radius 2 is 2.15 bits per heavy atom. The summed E-state index contributed by atoms with van der Waals surface area (Å²) in [5.41, 5.74) is 0. The predicted octanol–water partition coefficient (Wildman–Crippen LogP) is 1.24. The highest BCUT2D eigenvalue weighted by molar-refractivity contribution is 5.25. The van der Waals surface area contributed by atoms with Crippen molar-refractivity contribution in [1.82, 2.24) is 10.3 Å². The molecule has 74 valence electrons. The molecule has 1 heterocycles. The fourth-order valence-corrected chi connectivity index (χ4v) is 1.19. The summed E-state index contributed by atoms with van der Waals surface area (Å²) in [6.45, 7) is 6.76. The second-order valence-corrected chi connectivity index (χ2v) is 2.81. The summed E-state index contributed by atoms with van der Waals surface area (Å²) in [4.78, 5) is 6.28. The third-order valence-corrected chi connectivity index (χ3v) is 1.93. The lowest BCUT2D eigenvalue weighted by molar-refractivity contribution is 0.483. The number of hydrogen-bond donors (Lipinski definition) is 1. The van der Waals surface area contributed by atoms with Crippen molar-refractivity contribution >= 4 is 6.01 Å². The SMILES string of the molecule is CCN(CC)c1ncc(CNC)o1. The Balaban J connectivity index is 2.66. The van der Waals surface area contributed by atoms with E-state index in [2.05, 4.69) is 29.0 Å². The van der Waals surface area contributed by atoms with Gasteiger partial charge >= 0.3 is 0 Å². The Morgan fingerprint density at radius 3 is 2.69 bits per heavy atom. The number of aromatic nitrogens is 1. The maximum absolute atomic E-state index is 5.52. The monoisotopic (exact) mass is 183 g/mol. The molecule has 4 nitrogen and oxygen atoms in total. The average Bonchev–Trinajstić information content (AvgIpc) is 2.56. The number of rotatable bonds is 5. The summed E-state index contributed by atoms with van der Waals surface area (Å²) >= 11 is 0. The largest absolute Gasteiger partial charge is 0.427 e. The number of anilines is 1. The first kappa shape index (κ1) is 10.1. The van der Waals surface area contributed by atoms with Crippen LogP contribution in [0.25, 0.3) is 0 Å². The molecule has 1 aromatic heterocycles. The summed E-state index contributed by atoms with van der Waals surface area (Å²) in [6.07, 6.45) is 1.77. The molecule has 0 saturated heterocycles. The van der Waals surface area contributed by atoms with E-state index in [4.69, 9.17) is 4.42 Å². The minimum absolute atomic E-state index is 0.718. The van der Waals surface area contributed by atoms with E-state index >= 15 is 0 Å². The Bertz CT molecular complexity index is 243. The molecule has 1 aromatic rings. The van der Waals surface area contributed by atoms with Gasteiger partial charge in [-0.05, 0) is 20.9 Å². The van der Waals surface area contributed by atoms with Gasteiger partial charge in [0.15, 0.2) is 0 Å². The maximum atomic E-state index is 5.52. The van der Waals surface area contributed by atoms with Gasteiger partial charge in [-0.3, -0.25) is 0 Å². The first-order valence-corrected chi connectivity index (χ1v) is 4.66. The molecule has 4 heteroatoms. The zero-order valence-corrected chi connectivity index (χ0v) is 8.50. The molecule has 0 aromatic carbocycles. The van der Waals surface area contributed by atoms with E-state index < -0.39 is 0 Å². The van der Waals surface area contributed by atoms with Crippen molar-refractivity contribution in [2.75, 3.05) is 25.0 Å². The zero-order chi connectivity index (χ0) is 9.68. The van der Waals surface area contributed by atoms with E-state index in [1.54, 1.807) is 6.20 Å². The molecule has 0 saturated carbocycles. The molecule has 0 unspecified atom stereocenters. The van der Waals surface area contributed by atoms with Crippen LogP contribution in [0.15, 0.2) is 10.6 Å². The van der Waals surface area contributed by atoms with Gasteiger partial charge in [0.1, 0.15) is 5.76 Å². The van der Waals surface area contributed by atoms with Gasteiger partial charge in [-0.1, -0.05) is 0 Å². The number of nitrogens with one attached hydrogen (secondary N) is 1. The summed E-state index contributed by atoms with van der Waals surface area (Å²) < 4.78 is 5.52. The molecule has 0 spiro atoms. The Morgan fingerprint density at radius 1 is 1.46 bits per heavy atom. The van der Waals surface area contributed by atoms with Crippen molar-refractivity contribution in [2.24, 2.45) is 0 Å². The lowest BCUT2D eigenvalue weighted by Gasteiger charge is -2.14. The third-order valence-electron chi connectivity index (χ3n) is 1.93. The highest BCUT2D eigenvalue weighted by Crippen LogP contribution is 2.13. The van der Waals surface area contributed by atoms with E-state index in [0.717, 1.165) is 31.4 Å². The van der Waals surface area contributed by atoms with E-state index in [9.17, 15) is 0 Å². The second kappa shape index (κ2) is 4.87. The molecular formula is C9H17N3O. The number of hydrogen-bond acceptors (Lipinski definition) is 4. The molecule has 0 aliphatic heterocycles. The van der Waals surface area contributed by atoms with Gasteiger partial charge in [-0.25, -0.2) is 4.98 Å². The highest BCUT2D eigenvalue weighted by Gasteiger charge is 2.08. The van der Waals surface area contributed by atoms with E-state index in [1.165, 1.54) is 0 Å². The van der Waals surface area contributed by atoms with Crippen molar-refractivity contribution in [3.05, 3.63) is 12.0 Å². The standard InChI is InChI=1S/C9H17N3O/c1-4-12(5-2)9-11-7-8(13-9)6-10-3/h7,10H,4-6H2,1-3H3. The fraction of sp³-hybridized carbons (Fsp3) is 0.667. The van der Waals surface area contributed by atoms with Gasteiger partial charge in [0.25, 0.3) is 6.01 Å². The summed E-state index contributed by atoms with van der Waals surface area (Å²) in [5.74, 6) is 0.879. The zero-order valence-electron chi connectivity index (χ0n) is 8.50. The Labute approximate surface area is 78.9 Å². The van der Waals surface area contributed by atoms with Crippen molar-refractivity contribution in [1.29, 1.82) is 0 Å². The molecular weight excluding hydrogens is 166 g/mol. The summed E-state index contributed by atoms with van der Waals surface area (Å²) in [6, 6.07) is 0.718. The van der Waals surface area contributed by atoms with Crippen LogP contribution in [0.3, 0.4) is 0 Å². The smallest absolute Gasteiger partial charge is 0.297 e. The van der Waals surface area contributed by atoms with Crippen LogP contribution >= 0.6 is 0 Å². The lowest BCUT2D eigenvalue weighted by atomic mass is 10.5. The summed E-state index contributed by atoms with van der Waals surface area (Å²) in [5, 5.41) is 3.02. The molecule has 0 amide bonds. The predicted molar refractivity (Wildman–Crippen MR) is 52.8 cm³/mol. The van der Waals surface area contributed by atoms with Crippen LogP contribution < -0.4 is 10.2 Å². The minimum Gasteiger partial charge on any atom is -0.427 e. The molecule has 0 aliphatic carbocycles. The first-order chi connectivity index (χ1) is 6.31. The number of oxazole rings is 1. The molecule has 1 N–H and O–H groups in total. The van der Waals surface area contributed by atoms with Crippen LogP contribution in [0.5, 0.6) is 0 Å². The van der Waals surface area contributed by atoms with E-state index in [0.29, 0.717) is 0 Å². The second-order valence-electron chi connectivity index (χ2n) is 2.81. The fourth-order valence-electron chi connectivity index (χ4n) is 1.19. The van der Waals surface area contributed by atoms with Crippen LogP contribution in [0.4, 0.5) is 6.01 Å². The highest BCUT2D eigenvalue weighted by atomic mass is 16.4. The molecule has 0 bridgehead atoms. The lowest BCUT2D eigenvalue weighted by Crippen LogP contribution is -2.21. The molecule has 0 aliphatic rings. The van der Waals surface area contributed by atoms with E-state index in [1.807, 2.05) is 7.05 Å². The number of nitrogens with zero attached hydrogens (tertiary/aromatic N) is 2.